The summed E-state index contributed by atoms with van der Waals surface area (Å²) in [5.74, 6) is 0.566. The van der Waals surface area contributed by atoms with E-state index in [1.54, 1.807) is 0 Å². The Bertz CT molecular complexity index is 574. The predicted octanol–water partition coefficient (Wildman–Crippen LogP) is 5.35. The minimum absolute atomic E-state index is 0.562. The largest absolute Gasteiger partial charge is 0.384 e. The van der Waals surface area contributed by atoms with Crippen molar-refractivity contribution in [3.63, 3.8) is 0 Å². The van der Waals surface area contributed by atoms with Gasteiger partial charge in [-0.1, -0.05) is 66.2 Å². The maximum Gasteiger partial charge on any atom is 0.104 e. The lowest BCUT2D eigenvalue weighted by Gasteiger charge is -2.15. The van der Waals surface area contributed by atoms with Gasteiger partial charge in [-0.25, -0.2) is 0 Å². The Morgan fingerprint density at radius 3 is 2.10 bits per heavy atom. The molecular formula is C18H21BrO. The van der Waals surface area contributed by atoms with E-state index in [-0.39, 0.29) is 0 Å². The van der Waals surface area contributed by atoms with Gasteiger partial charge in [-0.15, -0.1) is 0 Å². The van der Waals surface area contributed by atoms with Crippen molar-refractivity contribution >= 4 is 15.9 Å². The normalized spacial score (nSPS) is 14.1. The highest BCUT2D eigenvalue weighted by Gasteiger charge is 2.12. The molecule has 2 aromatic rings. The van der Waals surface area contributed by atoms with Crippen molar-refractivity contribution in [3.8, 4) is 0 Å². The van der Waals surface area contributed by atoms with Crippen molar-refractivity contribution in [1.82, 2.24) is 0 Å². The molecule has 1 nitrogen and oxygen atoms in total. The summed E-state index contributed by atoms with van der Waals surface area (Å²) >= 11 is 3.49. The average Bonchev–Trinajstić information content (AvgIpc) is 2.48. The summed E-state index contributed by atoms with van der Waals surface area (Å²) in [6.45, 7) is 6.45. The second kappa shape index (κ2) is 6.55. The molecule has 0 heterocycles. The first-order valence-electron chi connectivity index (χ1n) is 7.07. The molecule has 2 heteroatoms. The van der Waals surface area contributed by atoms with Gasteiger partial charge >= 0.3 is 0 Å². The van der Waals surface area contributed by atoms with Crippen LogP contribution < -0.4 is 0 Å². The summed E-state index contributed by atoms with van der Waals surface area (Å²) in [6.07, 6.45) is 0.571. The van der Waals surface area contributed by atoms with Gasteiger partial charge in [-0.3, -0.25) is 0 Å². The maximum atomic E-state index is 10.5. The Hall–Kier alpha value is -1.12. The highest BCUT2D eigenvalue weighted by atomic mass is 79.9. The number of rotatable bonds is 4. The third-order valence-electron chi connectivity index (χ3n) is 3.93. The third kappa shape index (κ3) is 3.31. The lowest BCUT2D eigenvalue weighted by atomic mass is 9.94. The Morgan fingerprint density at radius 2 is 1.55 bits per heavy atom. The highest BCUT2D eigenvalue weighted by Crippen LogP contribution is 2.27. The van der Waals surface area contributed by atoms with Crippen molar-refractivity contribution in [2.24, 2.45) is 0 Å². The zero-order valence-corrected chi connectivity index (χ0v) is 13.8. The van der Waals surface area contributed by atoms with Crippen LogP contribution in [0.4, 0.5) is 0 Å². The molecule has 2 atom stereocenters. The van der Waals surface area contributed by atoms with Gasteiger partial charge in [-0.05, 0) is 47.6 Å². The Labute approximate surface area is 129 Å². The van der Waals surface area contributed by atoms with E-state index < -0.39 is 6.10 Å². The average molecular weight is 333 g/mol. The molecule has 106 valence electrons. The standard InChI is InChI=1S/C18H21BrO/c1-4-12(2)14-5-7-15(8-6-14)18(20)16-9-10-17(19)13(3)11-16/h5-12,18,20H,4H2,1-3H3. The summed E-state index contributed by atoms with van der Waals surface area (Å²) in [6, 6.07) is 14.3. The number of hydrogen-bond acceptors (Lipinski definition) is 1. The second-order valence-electron chi connectivity index (χ2n) is 5.39. The highest BCUT2D eigenvalue weighted by molar-refractivity contribution is 9.10. The van der Waals surface area contributed by atoms with E-state index in [0.29, 0.717) is 5.92 Å². The molecule has 0 aromatic heterocycles. The Kier molecular flexibility index (Phi) is 5.00. The molecule has 0 bridgehead atoms. The van der Waals surface area contributed by atoms with Crippen LogP contribution in [0.15, 0.2) is 46.9 Å². The quantitative estimate of drug-likeness (QED) is 0.799. The van der Waals surface area contributed by atoms with Crippen LogP contribution in [0.3, 0.4) is 0 Å². The molecule has 0 aliphatic rings. The van der Waals surface area contributed by atoms with E-state index in [2.05, 4.69) is 41.9 Å². The minimum Gasteiger partial charge on any atom is -0.384 e. The van der Waals surface area contributed by atoms with Gasteiger partial charge in [0.15, 0.2) is 0 Å². The van der Waals surface area contributed by atoms with Crippen molar-refractivity contribution in [1.29, 1.82) is 0 Å². The molecule has 2 unspecified atom stereocenters. The second-order valence-corrected chi connectivity index (χ2v) is 6.24. The minimum atomic E-state index is -0.562. The molecule has 0 spiro atoms. The van der Waals surface area contributed by atoms with Gasteiger partial charge in [0.25, 0.3) is 0 Å². The topological polar surface area (TPSA) is 20.2 Å². The van der Waals surface area contributed by atoms with Gasteiger partial charge in [0.1, 0.15) is 6.10 Å². The monoisotopic (exact) mass is 332 g/mol. The number of hydrogen-bond donors (Lipinski definition) is 1. The van der Waals surface area contributed by atoms with Crippen LogP contribution in [0.1, 0.15) is 54.5 Å². The summed E-state index contributed by atoms with van der Waals surface area (Å²) in [5.41, 5.74) is 4.34. The van der Waals surface area contributed by atoms with Crippen LogP contribution in [0.2, 0.25) is 0 Å². The SMILES string of the molecule is CCC(C)c1ccc(C(O)c2ccc(Br)c(C)c2)cc1. The van der Waals surface area contributed by atoms with Crippen LogP contribution >= 0.6 is 15.9 Å². The van der Waals surface area contributed by atoms with Gasteiger partial charge in [-0.2, -0.15) is 0 Å². The molecule has 0 saturated carbocycles. The molecule has 0 fully saturated rings. The van der Waals surface area contributed by atoms with Crippen LogP contribution in [0.25, 0.3) is 0 Å². The molecule has 0 radical (unpaired) electrons. The first kappa shape index (κ1) is 15.3. The summed E-state index contributed by atoms with van der Waals surface area (Å²) < 4.78 is 1.07. The molecular weight excluding hydrogens is 312 g/mol. The fourth-order valence-electron chi connectivity index (χ4n) is 2.27. The number of halogens is 1. The molecule has 2 rings (SSSR count). The number of benzene rings is 2. The van der Waals surface area contributed by atoms with Crippen molar-refractivity contribution in [3.05, 3.63) is 69.2 Å². The smallest absolute Gasteiger partial charge is 0.104 e. The summed E-state index contributed by atoms with van der Waals surface area (Å²) in [5, 5.41) is 10.5. The van der Waals surface area contributed by atoms with Gasteiger partial charge in [0, 0.05) is 4.47 Å². The predicted molar refractivity (Wildman–Crippen MR) is 88.1 cm³/mol. The van der Waals surface area contributed by atoms with Crippen LogP contribution in [-0.4, -0.2) is 5.11 Å². The zero-order valence-electron chi connectivity index (χ0n) is 12.2. The molecule has 0 amide bonds. The third-order valence-corrected chi connectivity index (χ3v) is 4.82. The van der Waals surface area contributed by atoms with Crippen molar-refractivity contribution in [2.45, 2.75) is 39.2 Å². The zero-order chi connectivity index (χ0) is 14.7. The Morgan fingerprint density at radius 1 is 1.00 bits per heavy atom. The maximum absolute atomic E-state index is 10.5. The van der Waals surface area contributed by atoms with E-state index in [4.69, 9.17) is 0 Å². The molecule has 1 N–H and O–H groups in total. The molecule has 0 saturated heterocycles. The first-order chi connectivity index (χ1) is 9.52. The lowest BCUT2D eigenvalue weighted by Crippen LogP contribution is -2.01. The number of aliphatic hydroxyl groups excluding tert-OH is 1. The van der Waals surface area contributed by atoms with Gasteiger partial charge in [0.2, 0.25) is 0 Å². The van der Waals surface area contributed by atoms with Crippen molar-refractivity contribution in [2.75, 3.05) is 0 Å². The summed E-state index contributed by atoms with van der Waals surface area (Å²) in [4.78, 5) is 0. The van der Waals surface area contributed by atoms with Gasteiger partial charge in [0.05, 0.1) is 0 Å². The molecule has 0 aliphatic carbocycles. The van der Waals surface area contributed by atoms with E-state index in [0.717, 1.165) is 27.6 Å². The summed E-state index contributed by atoms with van der Waals surface area (Å²) in [7, 11) is 0. The van der Waals surface area contributed by atoms with Crippen LogP contribution in [0.5, 0.6) is 0 Å². The van der Waals surface area contributed by atoms with Gasteiger partial charge < -0.3 is 5.11 Å². The first-order valence-corrected chi connectivity index (χ1v) is 7.86. The van der Waals surface area contributed by atoms with E-state index in [1.807, 2.05) is 37.3 Å². The van der Waals surface area contributed by atoms with E-state index >= 15 is 0 Å². The Balaban J connectivity index is 2.24. The van der Waals surface area contributed by atoms with E-state index in [9.17, 15) is 5.11 Å². The van der Waals surface area contributed by atoms with Crippen LogP contribution in [0, 0.1) is 6.92 Å². The van der Waals surface area contributed by atoms with Crippen molar-refractivity contribution < 1.29 is 5.11 Å². The number of aliphatic hydroxyl groups is 1. The number of aryl methyl sites for hydroxylation is 1. The lowest BCUT2D eigenvalue weighted by molar-refractivity contribution is 0.220. The van der Waals surface area contributed by atoms with E-state index in [1.165, 1.54) is 5.56 Å². The van der Waals surface area contributed by atoms with Crippen LogP contribution in [-0.2, 0) is 0 Å². The fourth-order valence-corrected chi connectivity index (χ4v) is 2.52. The molecule has 0 aliphatic heterocycles. The molecule has 20 heavy (non-hydrogen) atoms. The fraction of sp³-hybridized carbons (Fsp3) is 0.333. The molecule has 2 aromatic carbocycles.